The van der Waals surface area contributed by atoms with Crippen LogP contribution in [0.5, 0.6) is 0 Å². The molecule has 0 saturated carbocycles. The topological polar surface area (TPSA) is 62.0 Å². The van der Waals surface area contributed by atoms with Gasteiger partial charge in [-0.3, -0.25) is 9.98 Å². The average Bonchev–Trinajstić information content (AvgIpc) is 2.49. The van der Waals surface area contributed by atoms with Crippen molar-refractivity contribution in [3.63, 3.8) is 0 Å². The molecule has 0 radical (unpaired) electrons. The van der Waals surface area contributed by atoms with E-state index >= 15 is 0 Å². The second-order valence-electron chi connectivity index (χ2n) is 2.49. The molecule has 0 fully saturated rings. The first-order chi connectivity index (χ1) is 5.79. The highest BCUT2D eigenvalue weighted by Crippen LogP contribution is 2.16. The smallest absolute Gasteiger partial charge is 0.334 e. The summed E-state index contributed by atoms with van der Waals surface area (Å²) in [5.74, 6) is -0.959. The molecule has 1 N–H and O–H groups in total. The van der Waals surface area contributed by atoms with Crippen molar-refractivity contribution in [1.29, 1.82) is 0 Å². The van der Waals surface area contributed by atoms with Crippen molar-refractivity contribution >= 4 is 17.9 Å². The van der Waals surface area contributed by atoms with Gasteiger partial charge in [-0.05, 0) is 12.2 Å². The Bertz CT molecular complexity index is 350. The van der Waals surface area contributed by atoms with E-state index in [1.165, 1.54) is 6.21 Å². The molecule has 0 bridgehead atoms. The second kappa shape index (κ2) is 2.41. The summed E-state index contributed by atoms with van der Waals surface area (Å²) >= 11 is 0. The second-order valence-corrected chi connectivity index (χ2v) is 2.49. The van der Waals surface area contributed by atoms with E-state index in [1.54, 1.807) is 18.4 Å². The Morgan fingerprint density at radius 2 is 2.42 bits per heavy atom. The Kier molecular flexibility index (Phi) is 1.40. The van der Waals surface area contributed by atoms with E-state index in [0.717, 1.165) is 5.57 Å². The fourth-order valence-corrected chi connectivity index (χ4v) is 1.19. The van der Waals surface area contributed by atoms with E-state index < -0.39 is 12.0 Å². The molecule has 4 nitrogen and oxygen atoms in total. The molecule has 12 heavy (non-hydrogen) atoms. The minimum absolute atomic E-state index is 0.532. The molecule has 0 aromatic heterocycles. The van der Waals surface area contributed by atoms with Crippen LogP contribution in [0.2, 0.25) is 0 Å². The number of carboxylic acids is 1. The van der Waals surface area contributed by atoms with Crippen molar-refractivity contribution in [3.8, 4) is 0 Å². The number of carboxylic acid groups (broad SMARTS) is 1. The van der Waals surface area contributed by atoms with Gasteiger partial charge in [0.05, 0.1) is 5.71 Å². The van der Waals surface area contributed by atoms with Crippen LogP contribution in [-0.2, 0) is 4.79 Å². The van der Waals surface area contributed by atoms with Crippen LogP contribution in [0.4, 0.5) is 0 Å². The molecule has 60 valence electrons. The van der Waals surface area contributed by atoms with Crippen LogP contribution >= 0.6 is 0 Å². The van der Waals surface area contributed by atoms with E-state index in [-0.39, 0.29) is 0 Å². The molecule has 2 rings (SSSR count). The van der Waals surface area contributed by atoms with Crippen molar-refractivity contribution in [2.24, 2.45) is 9.98 Å². The van der Waals surface area contributed by atoms with Crippen molar-refractivity contribution in [3.05, 3.63) is 23.9 Å². The highest BCUT2D eigenvalue weighted by molar-refractivity contribution is 6.20. The molecule has 2 aliphatic heterocycles. The highest BCUT2D eigenvalue weighted by Gasteiger charge is 2.27. The lowest BCUT2D eigenvalue weighted by atomic mass is 10.0. The SMILES string of the molecule is O=C(O)[C@@H]1N=CC=C2C=CN=C21. The third kappa shape index (κ3) is 0.887. The molecule has 4 heteroatoms. The minimum Gasteiger partial charge on any atom is -0.479 e. The fourth-order valence-electron chi connectivity index (χ4n) is 1.19. The summed E-state index contributed by atoms with van der Waals surface area (Å²) in [6.07, 6.45) is 6.62. The van der Waals surface area contributed by atoms with Crippen molar-refractivity contribution in [1.82, 2.24) is 0 Å². The molecule has 1 atom stereocenters. The fraction of sp³-hybridized carbons (Fsp3) is 0.125. The van der Waals surface area contributed by atoms with Gasteiger partial charge >= 0.3 is 5.97 Å². The van der Waals surface area contributed by atoms with E-state index in [1.807, 2.05) is 0 Å². The van der Waals surface area contributed by atoms with Gasteiger partial charge in [0.2, 0.25) is 0 Å². The van der Waals surface area contributed by atoms with E-state index in [0.29, 0.717) is 5.71 Å². The molecule has 0 aromatic rings. The first-order valence-electron chi connectivity index (χ1n) is 3.50. The average molecular weight is 162 g/mol. The number of rotatable bonds is 1. The lowest BCUT2D eigenvalue weighted by molar-refractivity contribution is -0.136. The molecule has 0 unspecified atom stereocenters. The van der Waals surface area contributed by atoms with Gasteiger partial charge in [-0.15, -0.1) is 0 Å². The molecule has 2 heterocycles. The molecule has 2 aliphatic rings. The first-order valence-corrected chi connectivity index (χ1v) is 3.50. The summed E-state index contributed by atoms with van der Waals surface area (Å²) in [6.45, 7) is 0. The van der Waals surface area contributed by atoms with E-state index in [9.17, 15) is 4.79 Å². The number of hydrogen-bond donors (Lipinski definition) is 1. The summed E-state index contributed by atoms with van der Waals surface area (Å²) in [6, 6.07) is -0.819. The van der Waals surface area contributed by atoms with Gasteiger partial charge < -0.3 is 5.11 Å². The van der Waals surface area contributed by atoms with Crippen molar-refractivity contribution < 1.29 is 9.90 Å². The Morgan fingerprint density at radius 1 is 1.58 bits per heavy atom. The number of nitrogens with zero attached hydrogens (tertiary/aromatic N) is 2. The van der Waals surface area contributed by atoms with E-state index in [2.05, 4.69) is 9.98 Å². The predicted molar refractivity (Wildman–Crippen MR) is 44.6 cm³/mol. The van der Waals surface area contributed by atoms with Gasteiger partial charge in [-0.2, -0.15) is 0 Å². The van der Waals surface area contributed by atoms with Crippen LogP contribution in [0, 0.1) is 0 Å². The summed E-state index contributed by atoms with van der Waals surface area (Å²) in [5.41, 5.74) is 1.38. The van der Waals surface area contributed by atoms with Crippen molar-refractivity contribution in [2.45, 2.75) is 6.04 Å². The Morgan fingerprint density at radius 3 is 3.17 bits per heavy atom. The number of dihydropyridines is 1. The molecule has 0 saturated heterocycles. The van der Waals surface area contributed by atoms with Gasteiger partial charge in [-0.1, -0.05) is 0 Å². The highest BCUT2D eigenvalue weighted by atomic mass is 16.4. The van der Waals surface area contributed by atoms with Gasteiger partial charge in [0.15, 0.2) is 6.04 Å². The Labute approximate surface area is 68.6 Å². The largest absolute Gasteiger partial charge is 0.479 e. The van der Waals surface area contributed by atoms with Gasteiger partial charge in [0, 0.05) is 18.0 Å². The van der Waals surface area contributed by atoms with Crippen LogP contribution in [0.1, 0.15) is 0 Å². The monoisotopic (exact) mass is 162 g/mol. The van der Waals surface area contributed by atoms with Crippen LogP contribution in [0.25, 0.3) is 0 Å². The number of hydrogen-bond acceptors (Lipinski definition) is 3. The van der Waals surface area contributed by atoms with E-state index in [4.69, 9.17) is 5.11 Å². The predicted octanol–water partition coefficient (Wildman–Crippen LogP) is 0.419. The number of fused-ring (bicyclic) bond motifs is 1. The van der Waals surface area contributed by atoms with Gasteiger partial charge in [0.1, 0.15) is 0 Å². The molecule has 0 aromatic carbocycles. The van der Waals surface area contributed by atoms with Crippen molar-refractivity contribution in [2.75, 3.05) is 0 Å². The summed E-state index contributed by atoms with van der Waals surface area (Å²) < 4.78 is 0. The summed E-state index contributed by atoms with van der Waals surface area (Å²) in [7, 11) is 0. The van der Waals surface area contributed by atoms with Crippen LogP contribution in [-0.4, -0.2) is 29.0 Å². The maximum Gasteiger partial charge on any atom is 0.334 e. The van der Waals surface area contributed by atoms with Gasteiger partial charge in [-0.25, -0.2) is 4.79 Å². The summed E-state index contributed by atoms with van der Waals surface area (Å²) in [5, 5.41) is 8.74. The number of carbonyl (C=O) groups is 1. The molecule has 0 spiro atoms. The Hall–Kier alpha value is -1.71. The van der Waals surface area contributed by atoms with Crippen LogP contribution < -0.4 is 0 Å². The Balaban J connectivity index is 2.39. The zero-order chi connectivity index (χ0) is 8.55. The number of allylic oxidation sites excluding steroid dienone is 2. The lowest BCUT2D eigenvalue weighted by Gasteiger charge is -2.11. The number of aliphatic carboxylic acids is 1. The number of aliphatic imine (C=N–C) groups is 2. The maximum absolute atomic E-state index is 10.6. The lowest BCUT2D eigenvalue weighted by Crippen LogP contribution is -2.30. The normalized spacial score (nSPS) is 24.8. The van der Waals surface area contributed by atoms with Crippen LogP contribution in [0.3, 0.4) is 0 Å². The zero-order valence-electron chi connectivity index (χ0n) is 6.14. The quantitative estimate of drug-likeness (QED) is 0.607. The third-order valence-corrected chi connectivity index (χ3v) is 1.75. The van der Waals surface area contributed by atoms with Gasteiger partial charge in [0.25, 0.3) is 0 Å². The standard InChI is InChI=1S/C8H6N2O2/c11-8(12)7-6-5(1-3-9-6)2-4-10-7/h1-4,7H,(H,11,12)/t7-/m1/s1. The first kappa shape index (κ1) is 6.97. The molecule has 0 aliphatic carbocycles. The third-order valence-electron chi connectivity index (χ3n) is 1.75. The van der Waals surface area contributed by atoms with Crippen LogP contribution in [0.15, 0.2) is 33.9 Å². The molecular formula is C8H6N2O2. The zero-order valence-corrected chi connectivity index (χ0v) is 6.14. The molecular weight excluding hydrogens is 156 g/mol. The maximum atomic E-state index is 10.6. The summed E-state index contributed by atoms with van der Waals surface area (Å²) in [4.78, 5) is 18.4. The molecule has 0 amide bonds. The minimum atomic E-state index is -0.959.